The van der Waals surface area contributed by atoms with Gasteiger partial charge in [0, 0.05) is 6.54 Å². The molecule has 0 unspecified atom stereocenters. The second kappa shape index (κ2) is 2.45. The molecule has 2 fully saturated rings. The van der Waals surface area contributed by atoms with E-state index in [1.165, 1.54) is 4.90 Å². The second-order valence-electron chi connectivity index (χ2n) is 3.92. The molecule has 3 aliphatic rings. The monoisotopic (exact) mass is 193 g/mol. The van der Waals surface area contributed by atoms with Crippen molar-refractivity contribution < 1.29 is 14.3 Å². The van der Waals surface area contributed by atoms with Crippen LogP contribution in [0.2, 0.25) is 0 Å². The Morgan fingerprint density at radius 2 is 1.71 bits per heavy atom. The van der Waals surface area contributed by atoms with Gasteiger partial charge < -0.3 is 4.74 Å². The highest BCUT2D eigenvalue weighted by Crippen LogP contribution is 2.44. The van der Waals surface area contributed by atoms with Gasteiger partial charge in [-0.2, -0.15) is 0 Å². The molecule has 0 aromatic heterocycles. The minimum absolute atomic E-state index is 0.0562. The molecule has 0 spiro atoms. The summed E-state index contributed by atoms with van der Waals surface area (Å²) in [6, 6.07) is 0. The van der Waals surface area contributed by atoms with E-state index in [9.17, 15) is 9.59 Å². The number of carbonyl (C=O) groups is 2. The van der Waals surface area contributed by atoms with E-state index in [1.54, 1.807) is 0 Å². The number of imide groups is 1. The van der Waals surface area contributed by atoms with Crippen molar-refractivity contribution in [3.63, 3.8) is 0 Å². The fourth-order valence-corrected chi connectivity index (χ4v) is 2.68. The molecule has 3 heterocycles. The van der Waals surface area contributed by atoms with E-state index in [4.69, 9.17) is 4.74 Å². The molecule has 3 aliphatic heterocycles. The van der Waals surface area contributed by atoms with Gasteiger partial charge in [0.15, 0.2) is 0 Å². The van der Waals surface area contributed by atoms with Crippen molar-refractivity contribution in [2.75, 3.05) is 6.54 Å². The normalized spacial score (nSPS) is 43.9. The first-order valence-electron chi connectivity index (χ1n) is 4.93. The van der Waals surface area contributed by atoms with Gasteiger partial charge >= 0.3 is 0 Å². The SMILES string of the molecule is CCN1C(=O)[C@@H]2[C@@H](C1=O)[C@H]1C=C[C@H]2O1. The van der Waals surface area contributed by atoms with Crippen LogP contribution in [0.15, 0.2) is 12.2 Å². The molecule has 4 heteroatoms. The highest BCUT2D eigenvalue weighted by molar-refractivity contribution is 6.06. The predicted octanol–water partition coefficient (Wildman–Crippen LogP) is -0.0553. The van der Waals surface area contributed by atoms with Crippen LogP contribution < -0.4 is 0 Å². The van der Waals surface area contributed by atoms with Crippen LogP contribution in [0.5, 0.6) is 0 Å². The average molecular weight is 193 g/mol. The first-order valence-corrected chi connectivity index (χ1v) is 4.93. The molecular formula is C10H11NO3. The Labute approximate surface area is 81.5 Å². The van der Waals surface area contributed by atoms with Crippen LogP contribution in [-0.2, 0) is 14.3 Å². The molecule has 2 bridgehead atoms. The Bertz CT molecular complexity index is 319. The lowest BCUT2D eigenvalue weighted by Gasteiger charge is -2.14. The van der Waals surface area contributed by atoms with E-state index in [-0.39, 0.29) is 35.9 Å². The maximum absolute atomic E-state index is 11.8. The summed E-state index contributed by atoms with van der Waals surface area (Å²) in [7, 11) is 0. The van der Waals surface area contributed by atoms with Crippen LogP contribution in [-0.4, -0.2) is 35.5 Å². The lowest BCUT2D eigenvalue weighted by Crippen LogP contribution is -2.34. The Kier molecular flexibility index (Phi) is 1.43. The number of likely N-dealkylation sites (tertiary alicyclic amines) is 1. The Morgan fingerprint density at radius 1 is 1.21 bits per heavy atom. The summed E-state index contributed by atoms with van der Waals surface area (Å²) >= 11 is 0. The summed E-state index contributed by atoms with van der Waals surface area (Å²) in [5.74, 6) is -0.589. The summed E-state index contributed by atoms with van der Waals surface area (Å²) < 4.78 is 5.49. The van der Waals surface area contributed by atoms with Crippen LogP contribution in [0, 0.1) is 11.8 Å². The van der Waals surface area contributed by atoms with E-state index >= 15 is 0 Å². The van der Waals surface area contributed by atoms with Crippen molar-refractivity contribution in [2.24, 2.45) is 11.8 Å². The molecular weight excluding hydrogens is 182 g/mol. The smallest absolute Gasteiger partial charge is 0.236 e. The zero-order valence-corrected chi connectivity index (χ0v) is 7.84. The van der Waals surface area contributed by atoms with Crippen molar-refractivity contribution in [2.45, 2.75) is 19.1 Å². The first-order chi connectivity index (χ1) is 6.74. The third-order valence-corrected chi connectivity index (χ3v) is 3.32. The maximum atomic E-state index is 11.8. The van der Waals surface area contributed by atoms with Gasteiger partial charge in [-0.05, 0) is 6.92 Å². The third-order valence-electron chi connectivity index (χ3n) is 3.32. The lowest BCUT2D eigenvalue weighted by molar-refractivity contribution is -0.142. The molecule has 74 valence electrons. The minimum Gasteiger partial charge on any atom is -0.365 e. The Hall–Kier alpha value is -1.16. The van der Waals surface area contributed by atoms with Crippen LogP contribution >= 0.6 is 0 Å². The number of rotatable bonds is 1. The standard InChI is InChI=1S/C10H11NO3/c1-2-11-9(12)7-5-3-4-6(14-5)8(7)10(11)13/h3-8H,2H2,1H3/t5-,6-,7+,8+/m1/s1. The van der Waals surface area contributed by atoms with E-state index < -0.39 is 0 Å². The topological polar surface area (TPSA) is 46.6 Å². The second-order valence-corrected chi connectivity index (χ2v) is 3.92. The van der Waals surface area contributed by atoms with Crippen molar-refractivity contribution in [3.05, 3.63) is 12.2 Å². The highest BCUT2D eigenvalue weighted by atomic mass is 16.5. The van der Waals surface area contributed by atoms with Crippen molar-refractivity contribution in [1.29, 1.82) is 0 Å². The maximum Gasteiger partial charge on any atom is 0.236 e. The molecule has 2 saturated heterocycles. The third kappa shape index (κ3) is 0.733. The molecule has 0 aromatic carbocycles. The van der Waals surface area contributed by atoms with Gasteiger partial charge in [-0.3, -0.25) is 14.5 Å². The Balaban J connectivity index is 2.02. The number of fused-ring (bicyclic) bond motifs is 5. The van der Waals surface area contributed by atoms with Crippen LogP contribution in [0.3, 0.4) is 0 Å². The van der Waals surface area contributed by atoms with Gasteiger partial charge in [0.2, 0.25) is 11.8 Å². The minimum atomic E-state index is -0.238. The molecule has 2 amide bonds. The fraction of sp³-hybridized carbons (Fsp3) is 0.600. The fourth-order valence-electron chi connectivity index (χ4n) is 2.68. The Morgan fingerprint density at radius 3 is 2.14 bits per heavy atom. The zero-order valence-electron chi connectivity index (χ0n) is 7.84. The van der Waals surface area contributed by atoms with Gasteiger partial charge in [-0.25, -0.2) is 0 Å². The first kappa shape index (κ1) is 8.17. The molecule has 0 aliphatic carbocycles. The quantitative estimate of drug-likeness (QED) is 0.433. The van der Waals surface area contributed by atoms with Gasteiger partial charge in [0.25, 0.3) is 0 Å². The summed E-state index contributed by atoms with van der Waals surface area (Å²) in [5.41, 5.74) is 0. The van der Waals surface area contributed by atoms with Gasteiger partial charge in [0.1, 0.15) is 0 Å². The van der Waals surface area contributed by atoms with Crippen molar-refractivity contribution >= 4 is 11.8 Å². The number of amides is 2. The number of hydrogen-bond donors (Lipinski definition) is 0. The van der Waals surface area contributed by atoms with Gasteiger partial charge in [-0.1, -0.05) is 12.2 Å². The largest absolute Gasteiger partial charge is 0.365 e. The summed E-state index contributed by atoms with van der Waals surface area (Å²) in [5, 5.41) is 0. The predicted molar refractivity (Wildman–Crippen MR) is 47.2 cm³/mol. The molecule has 4 atom stereocenters. The molecule has 14 heavy (non-hydrogen) atoms. The van der Waals surface area contributed by atoms with Crippen molar-refractivity contribution in [1.82, 2.24) is 4.90 Å². The van der Waals surface area contributed by atoms with Gasteiger partial charge in [0.05, 0.1) is 24.0 Å². The summed E-state index contributed by atoms with van der Waals surface area (Å²) in [6.45, 7) is 2.30. The summed E-state index contributed by atoms with van der Waals surface area (Å²) in [4.78, 5) is 25.0. The molecule has 4 nitrogen and oxygen atoms in total. The molecule has 0 aromatic rings. The number of hydrogen-bond acceptors (Lipinski definition) is 3. The lowest BCUT2D eigenvalue weighted by atomic mass is 9.85. The van der Waals surface area contributed by atoms with E-state index in [0.717, 1.165) is 0 Å². The number of carbonyl (C=O) groups excluding carboxylic acids is 2. The average Bonchev–Trinajstić information content (AvgIpc) is 2.80. The van der Waals surface area contributed by atoms with E-state index in [0.29, 0.717) is 6.54 Å². The van der Waals surface area contributed by atoms with Crippen LogP contribution in [0.4, 0.5) is 0 Å². The number of ether oxygens (including phenoxy) is 1. The van der Waals surface area contributed by atoms with E-state index in [2.05, 4.69) is 0 Å². The molecule has 0 saturated carbocycles. The zero-order chi connectivity index (χ0) is 9.87. The van der Waals surface area contributed by atoms with E-state index in [1.807, 2.05) is 19.1 Å². The molecule has 0 radical (unpaired) electrons. The van der Waals surface area contributed by atoms with Crippen molar-refractivity contribution in [3.8, 4) is 0 Å². The van der Waals surface area contributed by atoms with Crippen LogP contribution in [0.1, 0.15) is 6.92 Å². The summed E-state index contributed by atoms with van der Waals surface area (Å²) in [6.07, 6.45) is 3.49. The van der Waals surface area contributed by atoms with Crippen LogP contribution in [0.25, 0.3) is 0 Å². The molecule has 3 rings (SSSR count). The molecule has 0 N–H and O–H groups in total. The number of nitrogens with zero attached hydrogens (tertiary/aromatic N) is 1. The van der Waals surface area contributed by atoms with Gasteiger partial charge in [-0.15, -0.1) is 0 Å². The highest BCUT2D eigenvalue weighted by Gasteiger charge is 2.60.